The Morgan fingerprint density at radius 3 is 2.48 bits per heavy atom. The number of nitrogens with zero attached hydrogens (tertiary/aromatic N) is 3. The molecule has 4 rings (SSSR count). The van der Waals surface area contributed by atoms with Gasteiger partial charge in [-0.3, -0.25) is 14.5 Å². The largest absolute Gasteiger partial charge is 0.490 e. The molecular weight excluding hydrogens is 438 g/mol. The average Bonchev–Trinajstić information content (AvgIpc) is 3.36. The molecule has 3 fully saturated rings. The minimum atomic E-state index is -0.103. The van der Waals surface area contributed by atoms with Crippen molar-refractivity contribution in [2.24, 2.45) is 5.92 Å². The van der Waals surface area contributed by atoms with Crippen LogP contribution >= 0.6 is 11.6 Å². The lowest BCUT2D eigenvalue weighted by Crippen LogP contribution is -2.52. The van der Waals surface area contributed by atoms with Crippen LogP contribution in [0.2, 0.25) is 5.02 Å². The molecule has 7 heteroatoms. The molecule has 2 heterocycles. The highest BCUT2D eigenvalue weighted by molar-refractivity contribution is 6.30. The van der Waals surface area contributed by atoms with Crippen LogP contribution in [0.5, 0.6) is 5.75 Å². The molecule has 182 valence electrons. The van der Waals surface area contributed by atoms with E-state index in [9.17, 15) is 9.59 Å². The van der Waals surface area contributed by atoms with Gasteiger partial charge in [-0.2, -0.15) is 0 Å². The molecule has 2 saturated heterocycles. The second-order valence-corrected chi connectivity index (χ2v) is 10.4. The molecule has 1 saturated carbocycles. The summed E-state index contributed by atoms with van der Waals surface area (Å²) in [5.74, 6) is 1.06. The first-order chi connectivity index (χ1) is 16.0. The van der Waals surface area contributed by atoms with E-state index in [4.69, 9.17) is 16.3 Å². The number of likely N-dealkylation sites (N-methyl/N-ethyl adjacent to an activating group) is 1. The maximum atomic E-state index is 13.1. The van der Waals surface area contributed by atoms with Crippen LogP contribution in [-0.4, -0.2) is 78.4 Å². The molecule has 1 aromatic rings. The van der Waals surface area contributed by atoms with Crippen LogP contribution in [0.25, 0.3) is 0 Å². The maximum absolute atomic E-state index is 13.1. The van der Waals surface area contributed by atoms with Crippen LogP contribution < -0.4 is 4.74 Å². The Morgan fingerprint density at radius 2 is 1.76 bits per heavy atom. The third-order valence-electron chi connectivity index (χ3n) is 7.58. The number of benzene rings is 1. The Labute approximate surface area is 203 Å². The first-order valence-corrected chi connectivity index (χ1v) is 13.1. The van der Waals surface area contributed by atoms with Crippen molar-refractivity contribution in [3.63, 3.8) is 0 Å². The summed E-state index contributed by atoms with van der Waals surface area (Å²) < 4.78 is 6.32. The lowest BCUT2D eigenvalue weighted by atomic mass is 9.90. The molecule has 6 nitrogen and oxygen atoms in total. The van der Waals surface area contributed by atoms with Crippen molar-refractivity contribution in [1.82, 2.24) is 14.7 Å². The van der Waals surface area contributed by atoms with E-state index in [-0.39, 0.29) is 23.8 Å². The minimum Gasteiger partial charge on any atom is -0.490 e. The standard InChI is InChI=1S/C26H38ClN3O3/c1-28(22-9-3-4-10-22)19-26(32)30-15-12-24(33-23-11-7-8-21(27)17-23)20(18-30)16-25(31)29-13-5-2-6-14-29/h7-8,11,17,20,22,24H,2-6,9-10,12-16,18-19H2,1H3/t20-,24-/m0/s1. The average molecular weight is 476 g/mol. The van der Waals surface area contributed by atoms with E-state index in [0.717, 1.165) is 38.1 Å². The lowest BCUT2D eigenvalue weighted by Gasteiger charge is -2.40. The third kappa shape index (κ3) is 6.63. The number of hydrogen-bond acceptors (Lipinski definition) is 4. The zero-order chi connectivity index (χ0) is 23.2. The second kappa shape index (κ2) is 11.6. The van der Waals surface area contributed by atoms with Crippen molar-refractivity contribution in [3.05, 3.63) is 29.3 Å². The van der Waals surface area contributed by atoms with E-state index in [0.29, 0.717) is 37.1 Å². The van der Waals surface area contributed by atoms with Gasteiger partial charge in [0.2, 0.25) is 11.8 Å². The van der Waals surface area contributed by atoms with Crippen LogP contribution in [0.3, 0.4) is 0 Å². The molecule has 2 aliphatic heterocycles. The van der Waals surface area contributed by atoms with Gasteiger partial charge in [0.15, 0.2) is 0 Å². The maximum Gasteiger partial charge on any atom is 0.236 e. The van der Waals surface area contributed by atoms with Gasteiger partial charge in [-0.1, -0.05) is 30.5 Å². The fourth-order valence-electron chi connectivity index (χ4n) is 5.59. The molecule has 0 radical (unpaired) electrons. The summed E-state index contributed by atoms with van der Waals surface area (Å²) in [5, 5.41) is 0.635. The monoisotopic (exact) mass is 475 g/mol. The summed E-state index contributed by atoms with van der Waals surface area (Å²) >= 11 is 6.15. The van der Waals surface area contributed by atoms with E-state index >= 15 is 0 Å². The topological polar surface area (TPSA) is 53.1 Å². The number of halogens is 1. The van der Waals surface area contributed by atoms with Crippen LogP contribution in [0.15, 0.2) is 24.3 Å². The molecule has 0 N–H and O–H groups in total. The van der Waals surface area contributed by atoms with E-state index < -0.39 is 0 Å². The third-order valence-corrected chi connectivity index (χ3v) is 7.81. The van der Waals surface area contributed by atoms with E-state index in [1.165, 1.54) is 32.1 Å². The molecule has 2 amide bonds. The molecule has 3 aliphatic rings. The fraction of sp³-hybridized carbons (Fsp3) is 0.692. The highest BCUT2D eigenvalue weighted by Crippen LogP contribution is 2.29. The smallest absolute Gasteiger partial charge is 0.236 e. The predicted molar refractivity (Wildman–Crippen MR) is 130 cm³/mol. The Kier molecular flexibility index (Phi) is 8.53. The molecule has 0 bridgehead atoms. The van der Waals surface area contributed by atoms with Crippen LogP contribution in [0.4, 0.5) is 0 Å². The summed E-state index contributed by atoms with van der Waals surface area (Å²) in [7, 11) is 2.07. The highest BCUT2D eigenvalue weighted by Gasteiger charge is 2.36. The van der Waals surface area contributed by atoms with E-state index in [1.807, 2.05) is 34.1 Å². The zero-order valence-corrected chi connectivity index (χ0v) is 20.6. The lowest BCUT2D eigenvalue weighted by molar-refractivity contribution is -0.140. The quantitative estimate of drug-likeness (QED) is 0.592. The zero-order valence-electron chi connectivity index (χ0n) is 19.9. The Bertz CT molecular complexity index is 808. The summed E-state index contributed by atoms with van der Waals surface area (Å²) in [6.45, 7) is 3.39. The summed E-state index contributed by atoms with van der Waals surface area (Å²) in [6, 6.07) is 7.95. The van der Waals surface area contributed by atoms with Gasteiger partial charge in [-0.15, -0.1) is 0 Å². The molecule has 2 atom stereocenters. The molecule has 0 aromatic heterocycles. The summed E-state index contributed by atoms with van der Waals surface area (Å²) in [4.78, 5) is 32.4. The van der Waals surface area contributed by atoms with Gasteiger partial charge in [0.05, 0.1) is 6.54 Å². The molecule has 1 aliphatic carbocycles. The van der Waals surface area contributed by atoms with Crippen molar-refractivity contribution in [1.29, 1.82) is 0 Å². The Hall–Kier alpha value is -1.79. The van der Waals surface area contributed by atoms with Crippen LogP contribution in [0, 0.1) is 5.92 Å². The first-order valence-electron chi connectivity index (χ1n) is 12.7. The first kappa shape index (κ1) is 24.3. The molecule has 0 spiro atoms. The number of amides is 2. The Balaban J connectivity index is 1.41. The van der Waals surface area contributed by atoms with Crippen molar-refractivity contribution < 1.29 is 14.3 Å². The fourth-order valence-corrected chi connectivity index (χ4v) is 5.77. The number of ether oxygens (including phenoxy) is 1. The highest BCUT2D eigenvalue weighted by atomic mass is 35.5. The van der Waals surface area contributed by atoms with Crippen LogP contribution in [0.1, 0.15) is 57.8 Å². The van der Waals surface area contributed by atoms with Gasteiger partial charge < -0.3 is 14.5 Å². The van der Waals surface area contributed by atoms with E-state index in [1.54, 1.807) is 0 Å². The SMILES string of the molecule is CN(CC(=O)N1CC[C@H](Oc2cccc(Cl)c2)[C@@H](CC(=O)N2CCCCC2)C1)C1CCCC1. The summed E-state index contributed by atoms with van der Waals surface area (Å²) in [5.41, 5.74) is 0. The second-order valence-electron chi connectivity index (χ2n) is 10.0. The number of likely N-dealkylation sites (tertiary alicyclic amines) is 2. The van der Waals surface area contributed by atoms with Crippen molar-refractivity contribution in [2.75, 3.05) is 39.8 Å². The number of piperidine rings is 2. The molecule has 33 heavy (non-hydrogen) atoms. The predicted octanol–water partition coefficient (Wildman–Crippen LogP) is 4.21. The van der Waals surface area contributed by atoms with Gasteiger partial charge in [0, 0.05) is 56.0 Å². The van der Waals surface area contributed by atoms with Gasteiger partial charge in [-0.25, -0.2) is 0 Å². The van der Waals surface area contributed by atoms with Crippen molar-refractivity contribution in [3.8, 4) is 5.75 Å². The van der Waals surface area contributed by atoms with Gasteiger partial charge in [0.25, 0.3) is 0 Å². The van der Waals surface area contributed by atoms with Gasteiger partial charge in [0.1, 0.15) is 11.9 Å². The molecule has 0 unspecified atom stereocenters. The number of carbonyl (C=O) groups excluding carboxylic acids is 2. The number of rotatable bonds is 7. The van der Waals surface area contributed by atoms with Crippen molar-refractivity contribution >= 4 is 23.4 Å². The number of carbonyl (C=O) groups is 2. The molecule has 1 aromatic carbocycles. The number of hydrogen-bond donors (Lipinski definition) is 0. The van der Waals surface area contributed by atoms with Crippen molar-refractivity contribution in [2.45, 2.75) is 69.9 Å². The van der Waals surface area contributed by atoms with Gasteiger partial charge in [-0.05, 0) is 57.4 Å². The van der Waals surface area contributed by atoms with Crippen LogP contribution in [-0.2, 0) is 9.59 Å². The normalized spacial score (nSPS) is 24.3. The minimum absolute atomic E-state index is 0.0205. The van der Waals surface area contributed by atoms with E-state index in [2.05, 4.69) is 11.9 Å². The molecular formula is C26H38ClN3O3. The van der Waals surface area contributed by atoms with Gasteiger partial charge >= 0.3 is 0 Å². The summed E-state index contributed by atoms with van der Waals surface area (Å²) in [6.07, 6.45) is 9.30. The Morgan fingerprint density at radius 1 is 1.00 bits per heavy atom.